The van der Waals surface area contributed by atoms with Gasteiger partial charge in [0.1, 0.15) is 0 Å². The van der Waals surface area contributed by atoms with Gasteiger partial charge in [-0.1, -0.05) is 37.5 Å². The second kappa shape index (κ2) is 7.47. The molecule has 2 aliphatic rings. The molecule has 0 spiro atoms. The van der Waals surface area contributed by atoms with E-state index in [0.717, 1.165) is 25.7 Å². The zero-order valence-corrected chi connectivity index (χ0v) is 16.0. The summed E-state index contributed by atoms with van der Waals surface area (Å²) < 4.78 is 35.1. The molecule has 0 aliphatic heterocycles. The summed E-state index contributed by atoms with van der Waals surface area (Å²) in [7, 11) is -3.82. The minimum absolute atomic E-state index is 0.0397. The lowest BCUT2D eigenvalue weighted by molar-refractivity contribution is -0.112. The smallest absolute Gasteiger partial charge is 0.243 e. The number of ketones is 1. The van der Waals surface area contributed by atoms with Crippen LogP contribution in [0.15, 0.2) is 58.5 Å². The molecule has 0 atom stereocenters. The van der Waals surface area contributed by atoms with Gasteiger partial charge >= 0.3 is 0 Å². The number of carbonyl (C=O) groups excluding carboxylic acids is 1. The summed E-state index contributed by atoms with van der Waals surface area (Å²) in [6, 6.07) is 8.21. The van der Waals surface area contributed by atoms with Gasteiger partial charge in [0.25, 0.3) is 0 Å². The Morgan fingerprint density at radius 1 is 1.00 bits per heavy atom. The lowest BCUT2D eigenvalue weighted by Gasteiger charge is -2.41. The van der Waals surface area contributed by atoms with Crippen molar-refractivity contribution in [3.8, 4) is 0 Å². The number of allylic oxidation sites excluding steroid dienone is 2. The van der Waals surface area contributed by atoms with E-state index in [4.69, 9.17) is 4.74 Å². The van der Waals surface area contributed by atoms with E-state index < -0.39 is 15.7 Å². The number of hydrogen-bond acceptors (Lipinski definition) is 4. The van der Waals surface area contributed by atoms with Gasteiger partial charge in [0.2, 0.25) is 10.0 Å². The maximum absolute atomic E-state index is 13.0. The van der Waals surface area contributed by atoms with Crippen molar-refractivity contribution < 1.29 is 17.9 Å². The number of hydrogen-bond donors (Lipinski definition) is 1. The van der Waals surface area contributed by atoms with Crippen LogP contribution in [0, 0.1) is 0 Å². The monoisotopic (exact) mass is 375 g/mol. The molecule has 1 N–H and O–H groups in total. The van der Waals surface area contributed by atoms with Crippen LogP contribution in [0.5, 0.6) is 0 Å². The van der Waals surface area contributed by atoms with Crippen molar-refractivity contribution in [2.75, 3.05) is 0 Å². The molecular formula is C20H25NO4S. The Labute approximate surface area is 155 Å². The summed E-state index contributed by atoms with van der Waals surface area (Å²) in [5, 5.41) is 0. The van der Waals surface area contributed by atoms with Crippen LogP contribution in [-0.4, -0.2) is 26.0 Å². The van der Waals surface area contributed by atoms with Crippen LogP contribution in [0.1, 0.15) is 46.0 Å². The first-order valence-corrected chi connectivity index (χ1v) is 10.5. The van der Waals surface area contributed by atoms with E-state index in [2.05, 4.69) is 4.72 Å². The second-order valence-electron chi connectivity index (χ2n) is 7.03. The molecule has 0 radical (unpaired) electrons. The molecule has 1 saturated carbocycles. The summed E-state index contributed by atoms with van der Waals surface area (Å²) in [5.41, 5.74) is -0.190. The van der Waals surface area contributed by atoms with Crippen molar-refractivity contribution in [3.05, 3.63) is 53.6 Å². The second-order valence-corrected chi connectivity index (χ2v) is 8.72. The summed E-state index contributed by atoms with van der Waals surface area (Å²) >= 11 is 0. The van der Waals surface area contributed by atoms with Crippen molar-refractivity contribution in [2.24, 2.45) is 0 Å². The summed E-state index contributed by atoms with van der Waals surface area (Å²) in [4.78, 5) is 12.1. The fraction of sp³-hybridized carbons (Fsp3) is 0.450. The molecule has 0 saturated heterocycles. The molecule has 0 unspecified atom stereocenters. The highest BCUT2D eigenvalue weighted by molar-refractivity contribution is 7.89. The zero-order valence-electron chi connectivity index (χ0n) is 15.2. The first-order valence-electron chi connectivity index (χ1n) is 9.02. The van der Waals surface area contributed by atoms with Crippen LogP contribution in [0.3, 0.4) is 0 Å². The van der Waals surface area contributed by atoms with Crippen molar-refractivity contribution in [3.63, 3.8) is 0 Å². The van der Waals surface area contributed by atoms with Crippen LogP contribution in [0.2, 0.25) is 0 Å². The normalized spacial score (nSPS) is 21.2. The maximum Gasteiger partial charge on any atom is 0.243 e. The topological polar surface area (TPSA) is 72.5 Å². The van der Waals surface area contributed by atoms with Crippen molar-refractivity contribution in [1.82, 2.24) is 4.72 Å². The molecule has 1 aromatic carbocycles. The van der Waals surface area contributed by atoms with Crippen LogP contribution in [0.4, 0.5) is 0 Å². The average Bonchev–Trinajstić information content (AvgIpc) is 2.61. The fourth-order valence-corrected chi connectivity index (χ4v) is 5.02. The fourth-order valence-electron chi connectivity index (χ4n) is 3.63. The molecule has 2 aliphatic carbocycles. The van der Waals surface area contributed by atoms with Crippen molar-refractivity contribution in [1.29, 1.82) is 0 Å². The number of nitrogens with one attached hydrogen (secondary N) is 1. The highest BCUT2D eigenvalue weighted by atomic mass is 32.2. The molecular weight excluding hydrogens is 350 g/mol. The van der Waals surface area contributed by atoms with Gasteiger partial charge in [-0.15, -0.1) is 0 Å². The number of carbonyl (C=O) groups is 1. The minimum atomic E-state index is -3.82. The first-order chi connectivity index (χ1) is 12.3. The number of rotatable bonds is 5. The molecule has 0 amide bonds. The molecule has 0 bridgehead atoms. The van der Waals surface area contributed by atoms with Gasteiger partial charge in [0.05, 0.1) is 11.0 Å². The van der Waals surface area contributed by atoms with Gasteiger partial charge in [0.15, 0.2) is 11.5 Å². The third-order valence-electron chi connectivity index (χ3n) is 5.06. The van der Waals surface area contributed by atoms with Gasteiger partial charge in [-0.3, -0.25) is 4.79 Å². The molecule has 0 aromatic heterocycles. The van der Waals surface area contributed by atoms with E-state index in [1.807, 2.05) is 0 Å². The van der Waals surface area contributed by atoms with E-state index in [9.17, 15) is 13.2 Å². The lowest BCUT2D eigenvalue weighted by atomic mass is 9.89. The van der Waals surface area contributed by atoms with Gasteiger partial charge in [-0.2, -0.15) is 4.72 Å². The number of ether oxygens (including phenoxy) is 1. The zero-order chi connectivity index (χ0) is 18.8. The number of sulfonamides is 1. The first kappa shape index (κ1) is 19.0. The third-order valence-corrected chi connectivity index (χ3v) is 6.50. The Morgan fingerprint density at radius 2 is 1.58 bits per heavy atom. The Morgan fingerprint density at radius 3 is 2.15 bits per heavy atom. The molecule has 140 valence electrons. The predicted molar refractivity (Wildman–Crippen MR) is 100.0 cm³/mol. The molecule has 1 fully saturated rings. The molecule has 5 nitrogen and oxygen atoms in total. The predicted octanol–water partition coefficient (Wildman–Crippen LogP) is 3.49. The Bertz CT molecular complexity index is 812. The van der Waals surface area contributed by atoms with E-state index >= 15 is 0 Å². The molecule has 3 rings (SSSR count). The number of benzene rings is 1. The third kappa shape index (κ3) is 3.82. The molecule has 1 aromatic rings. The summed E-state index contributed by atoms with van der Waals surface area (Å²) in [6.45, 7) is 3.48. The van der Waals surface area contributed by atoms with Crippen LogP contribution < -0.4 is 4.72 Å². The van der Waals surface area contributed by atoms with E-state index in [0.29, 0.717) is 11.1 Å². The van der Waals surface area contributed by atoms with Crippen molar-refractivity contribution in [2.45, 2.75) is 62.7 Å². The Balaban J connectivity index is 1.99. The molecule has 6 heteroatoms. The summed E-state index contributed by atoms with van der Waals surface area (Å²) in [6.07, 6.45) is 7.94. The van der Waals surface area contributed by atoms with E-state index in [1.165, 1.54) is 18.6 Å². The van der Waals surface area contributed by atoms with Crippen LogP contribution >= 0.6 is 0 Å². The van der Waals surface area contributed by atoms with Gasteiger partial charge < -0.3 is 4.74 Å². The van der Waals surface area contributed by atoms with Gasteiger partial charge in [-0.25, -0.2) is 8.42 Å². The Kier molecular flexibility index (Phi) is 5.46. The molecule has 0 heterocycles. The Hall–Kier alpha value is -1.76. The highest BCUT2D eigenvalue weighted by Crippen LogP contribution is 2.36. The van der Waals surface area contributed by atoms with Gasteiger partial charge in [-0.05, 0) is 62.1 Å². The van der Waals surface area contributed by atoms with Gasteiger partial charge in [0, 0.05) is 0 Å². The molecule has 26 heavy (non-hydrogen) atoms. The van der Waals surface area contributed by atoms with Crippen molar-refractivity contribution >= 4 is 15.8 Å². The van der Waals surface area contributed by atoms with E-state index in [1.54, 1.807) is 44.2 Å². The van der Waals surface area contributed by atoms with E-state index in [-0.39, 0.29) is 16.8 Å². The quantitative estimate of drug-likeness (QED) is 0.800. The maximum atomic E-state index is 13.0. The lowest BCUT2D eigenvalue weighted by Crippen LogP contribution is -2.55. The standard InChI is InChI=1S/C20H25NO4S/c1-15-13-17(22)14-16(2)20(15,25-18-9-5-3-6-10-18)21-26(23,24)19-11-7-4-8-12-19/h4,7-8,11-14,18,21H,3,5-6,9-10H2,1-2H3. The minimum Gasteiger partial charge on any atom is -0.348 e. The van der Waals surface area contributed by atoms with Crippen LogP contribution in [0.25, 0.3) is 0 Å². The summed E-state index contributed by atoms with van der Waals surface area (Å²) in [5.74, 6) is -0.151. The largest absolute Gasteiger partial charge is 0.348 e. The highest BCUT2D eigenvalue weighted by Gasteiger charge is 2.44. The SMILES string of the molecule is CC1=CC(=O)C=C(C)C1(NS(=O)(=O)c1ccccc1)OC1CCCCC1. The van der Waals surface area contributed by atoms with Crippen LogP contribution in [-0.2, 0) is 19.6 Å². The average molecular weight is 375 g/mol.